The highest BCUT2D eigenvalue weighted by molar-refractivity contribution is 5.89. The first-order chi connectivity index (χ1) is 16.6. The zero-order valence-electron chi connectivity index (χ0n) is 20.1. The molecule has 7 heteroatoms. The fraction of sp³-hybridized carbons (Fsp3) is 0.286. The Hall–Kier alpha value is -3.74. The second-order valence-electron chi connectivity index (χ2n) is 9.31. The lowest BCUT2D eigenvalue weighted by Crippen LogP contribution is -2.55. The minimum atomic E-state index is -0.876. The highest BCUT2D eigenvalue weighted by Crippen LogP contribution is 2.19. The van der Waals surface area contributed by atoms with E-state index in [9.17, 15) is 18.4 Å². The van der Waals surface area contributed by atoms with E-state index in [1.165, 1.54) is 35.2 Å². The molecule has 35 heavy (non-hydrogen) atoms. The molecule has 0 aliphatic heterocycles. The van der Waals surface area contributed by atoms with Crippen LogP contribution in [-0.4, -0.2) is 34.9 Å². The van der Waals surface area contributed by atoms with Crippen molar-refractivity contribution in [3.8, 4) is 5.75 Å². The number of benzene rings is 3. The van der Waals surface area contributed by atoms with E-state index in [1.54, 1.807) is 18.2 Å². The third-order valence-corrected chi connectivity index (χ3v) is 5.22. The van der Waals surface area contributed by atoms with E-state index in [4.69, 9.17) is 4.74 Å². The highest BCUT2D eigenvalue weighted by atomic mass is 19.1. The van der Waals surface area contributed by atoms with Crippen LogP contribution in [-0.2, 0) is 22.6 Å². The van der Waals surface area contributed by atoms with Gasteiger partial charge in [-0.15, -0.1) is 0 Å². The summed E-state index contributed by atoms with van der Waals surface area (Å²) in [6.45, 7) is 5.17. The van der Waals surface area contributed by atoms with Gasteiger partial charge in [-0.3, -0.25) is 9.59 Å². The summed E-state index contributed by atoms with van der Waals surface area (Å²) in [4.78, 5) is 28.2. The monoisotopic (exact) mass is 480 g/mol. The minimum absolute atomic E-state index is 0.0504. The molecular weight excluding hydrogens is 450 g/mol. The van der Waals surface area contributed by atoms with E-state index >= 15 is 0 Å². The molecule has 3 rings (SSSR count). The molecule has 0 fully saturated rings. The smallest absolute Gasteiger partial charge is 0.261 e. The van der Waals surface area contributed by atoms with E-state index in [-0.39, 0.29) is 24.6 Å². The van der Waals surface area contributed by atoms with Crippen molar-refractivity contribution >= 4 is 11.8 Å². The van der Waals surface area contributed by atoms with Gasteiger partial charge in [0.25, 0.3) is 5.91 Å². The van der Waals surface area contributed by atoms with Crippen molar-refractivity contribution in [3.63, 3.8) is 0 Å². The van der Waals surface area contributed by atoms with Crippen LogP contribution in [0.15, 0.2) is 78.9 Å². The van der Waals surface area contributed by atoms with Crippen molar-refractivity contribution in [2.24, 2.45) is 0 Å². The fourth-order valence-corrected chi connectivity index (χ4v) is 3.58. The summed E-state index contributed by atoms with van der Waals surface area (Å²) in [6, 6.07) is 20.0. The topological polar surface area (TPSA) is 58.6 Å². The summed E-state index contributed by atoms with van der Waals surface area (Å²) < 4.78 is 33.0. The number of para-hydroxylation sites is 1. The second-order valence-corrected chi connectivity index (χ2v) is 9.31. The van der Waals surface area contributed by atoms with Crippen molar-refractivity contribution < 1.29 is 23.1 Å². The number of hydrogen-bond donors (Lipinski definition) is 1. The SMILES string of the molecule is CC(C)(C)NC(=O)C(Cc1ccccc1)N(Cc1ccc(F)cc1)C(=O)COc1ccccc1F. The molecule has 5 nitrogen and oxygen atoms in total. The molecule has 2 amide bonds. The molecule has 0 spiro atoms. The van der Waals surface area contributed by atoms with Crippen LogP contribution < -0.4 is 10.1 Å². The lowest BCUT2D eigenvalue weighted by molar-refractivity contribution is -0.143. The normalized spacial score (nSPS) is 12.0. The maximum Gasteiger partial charge on any atom is 0.261 e. The van der Waals surface area contributed by atoms with Gasteiger partial charge < -0.3 is 15.0 Å². The first-order valence-corrected chi connectivity index (χ1v) is 11.4. The zero-order chi connectivity index (χ0) is 25.4. The van der Waals surface area contributed by atoms with Gasteiger partial charge in [0.2, 0.25) is 5.91 Å². The zero-order valence-corrected chi connectivity index (χ0v) is 20.1. The summed E-state index contributed by atoms with van der Waals surface area (Å²) in [6.07, 6.45) is 0.259. The van der Waals surface area contributed by atoms with E-state index in [2.05, 4.69) is 5.32 Å². The molecule has 1 N–H and O–H groups in total. The Morgan fingerprint density at radius 3 is 2.14 bits per heavy atom. The Labute approximate surface area is 204 Å². The maximum atomic E-state index is 14.0. The van der Waals surface area contributed by atoms with Crippen molar-refractivity contribution in [1.29, 1.82) is 0 Å². The van der Waals surface area contributed by atoms with E-state index in [1.807, 2.05) is 51.1 Å². The predicted molar refractivity (Wildman–Crippen MR) is 131 cm³/mol. The largest absolute Gasteiger partial charge is 0.481 e. The van der Waals surface area contributed by atoms with Gasteiger partial charge >= 0.3 is 0 Å². The number of carbonyl (C=O) groups excluding carboxylic acids is 2. The van der Waals surface area contributed by atoms with Gasteiger partial charge in [0.05, 0.1) is 0 Å². The maximum absolute atomic E-state index is 14.0. The van der Waals surface area contributed by atoms with Crippen LogP contribution in [0, 0.1) is 11.6 Å². The van der Waals surface area contributed by atoms with Crippen molar-refractivity contribution in [3.05, 3.63) is 102 Å². The van der Waals surface area contributed by atoms with Gasteiger partial charge in [0.15, 0.2) is 18.2 Å². The first kappa shape index (κ1) is 25.9. The standard InChI is InChI=1S/C28H30F2N2O3/c1-28(2,3)31-27(34)24(17-20-9-5-4-6-10-20)32(18-21-13-15-22(29)16-14-21)26(33)19-35-25-12-8-7-11-23(25)30/h4-16,24H,17-19H2,1-3H3,(H,31,34). The molecule has 0 aromatic heterocycles. The van der Waals surface area contributed by atoms with Crippen molar-refractivity contribution in [2.75, 3.05) is 6.61 Å². The number of carbonyl (C=O) groups is 2. The van der Waals surface area contributed by atoms with Crippen LogP contribution in [0.3, 0.4) is 0 Å². The van der Waals surface area contributed by atoms with Crippen LogP contribution in [0.1, 0.15) is 31.9 Å². The molecule has 0 radical (unpaired) electrons. The van der Waals surface area contributed by atoms with Crippen LogP contribution in [0.5, 0.6) is 5.75 Å². The first-order valence-electron chi connectivity index (χ1n) is 11.4. The second kappa shape index (κ2) is 11.6. The molecule has 0 heterocycles. The van der Waals surface area contributed by atoms with Crippen LogP contribution in [0.4, 0.5) is 8.78 Å². The average Bonchev–Trinajstić information content (AvgIpc) is 2.81. The number of hydrogen-bond acceptors (Lipinski definition) is 3. The third kappa shape index (κ3) is 7.91. The number of rotatable bonds is 9. The molecule has 0 bridgehead atoms. The Balaban J connectivity index is 1.93. The summed E-state index contributed by atoms with van der Waals surface area (Å²) in [5.74, 6) is -1.87. The van der Waals surface area contributed by atoms with Gasteiger partial charge in [0, 0.05) is 18.5 Å². The quantitative estimate of drug-likeness (QED) is 0.474. The molecule has 1 atom stereocenters. The minimum Gasteiger partial charge on any atom is -0.481 e. The lowest BCUT2D eigenvalue weighted by atomic mass is 10.0. The lowest BCUT2D eigenvalue weighted by Gasteiger charge is -2.33. The number of nitrogens with one attached hydrogen (secondary N) is 1. The molecule has 184 valence electrons. The molecule has 3 aromatic carbocycles. The molecule has 0 aliphatic rings. The fourth-order valence-electron chi connectivity index (χ4n) is 3.58. The summed E-state index contributed by atoms with van der Waals surface area (Å²) >= 11 is 0. The highest BCUT2D eigenvalue weighted by Gasteiger charge is 2.32. The molecule has 0 aliphatic carbocycles. The van der Waals surface area contributed by atoms with Gasteiger partial charge in [-0.1, -0.05) is 54.6 Å². The Kier molecular flexibility index (Phi) is 8.58. The molecular formula is C28H30F2N2O3. The van der Waals surface area contributed by atoms with Gasteiger partial charge in [-0.25, -0.2) is 8.78 Å². The molecule has 0 saturated heterocycles. The molecule has 1 unspecified atom stereocenters. The third-order valence-electron chi connectivity index (χ3n) is 5.22. The van der Waals surface area contributed by atoms with Gasteiger partial charge in [-0.05, 0) is 56.2 Å². The van der Waals surface area contributed by atoms with Gasteiger partial charge in [-0.2, -0.15) is 0 Å². The van der Waals surface area contributed by atoms with Crippen molar-refractivity contribution in [1.82, 2.24) is 10.2 Å². The Morgan fingerprint density at radius 2 is 1.51 bits per heavy atom. The number of nitrogens with zero attached hydrogens (tertiary/aromatic N) is 1. The van der Waals surface area contributed by atoms with Crippen LogP contribution in [0.2, 0.25) is 0 Å². The van der Waals surface area contributed by atoms with Crippen molar-refractivity contribution in [2.45, 2.75) is 45.3 Å². The number of amides is 2. The summed E-state index contributed by atoms with van der Waals surface area (Å²) in [5, 5.41) is 2.96. The summed E-state index contributed by atoms with van der Waals surface area (Å²) in [7, 11) is 0. The van der Waals surface area contributed by atoms with Gasteiger partial charge in [0.1, 0.15) is 11.9 Å². The predicted octanol–water partition coefficient (Wildman–Crippen LogP) is 4.90. The van der Waals surface area contributed by atoms with E-state index in [0.29, 0.717) is 5.56 Å². The average molecular weight is 481 g/mol. The Morgan fingerprint density at radius 1 is 0.886 bits per heavy atom. The van der Waals surface area contributed by atoms with E-state index in [0.717, 1.165) is 5.56 Å². The summed E-state index contributed by atoms with van der Waals surface area (Å²) in [5.41, 5.74) is 0.987. The number of ether oxygens (including phenoxy) is 1. The molecule has 3 aromatic rings. The molecule has 0 saturated carbocycles. The Bertz CT molecular complexity index is 1130. The van der Waals surface area contributed by atoms with Crippen LogP contribution >= 0.6 is 0 Å². The van der Waals surface area contributed by atoms with Crippen LogP contribution in [0.25, 0.3) is 0 Å². The van der Waals surface area contributed by atoms with E-state index < -0.39 is 35.7 Å². The number of halogens is 2.